The monoisotopic (exact) mass is 1910 g/mol. The van der Waals surface area contributed by atoms with Crippen molar-refractivity contribution in [3.8, 4) is 5.75 Å². The number of carbonyl (C=O) groups excluding carboxylic acids is 17. The zero-order chi connectivity index (χ0) is 98.3. The smallest absolute Gasteiger partial charge is 0.246 e. The Morgan fingerprint density at radius 3 is 1.65 bits per heavy atom. The highest BCUT2D eigenvalue weighted by molar-refractivity contribution is 8.00. The number of thioether (sulfide) groups is 1. The second-order valence-corrected chi connectivity index (χ2v) is 36.2. The summed E-state index contributed by atoms with van der Waals surface area (Å²) < 4.78 is 0.828. The van der Waals surface area contributed by atoms with Crippen LogP contribution >= 0.6 is 23.1 Å². The molecule has 732 valence electrons. The number of fused-ring (bicyclic) bond motifs is 4. The number of unbranched alkanes of at least 4 members (excludes halogenated alkanes) is 3. The van der Waals surface area contributed by atoms with E-state index in [9.17, 15) is 53.4 Å². The number of guanidine groups is 1. The van der Waals surface area contributed by atoms with Gasteiger partial charge in [-0.25, -0.2) is 0 Å². The molecule has 9 rings (SSSR count). The van der Waals surface area contributed by atoms with Gasteiger partial charge in [-0.1, -0.05) is 108 Å². The summed E-state index contributed by atoms with van der Waals surface area (Å²) in [4.78, 5) is 263. The number of H-pyrrole nitrogens is 2. The number of amides is 17. The highest BCUT2D eigenvalue weighted by Gasteiger charge is 2.46. The number of primary amides is 2. The van der Waals surface area contributed by atoms with Crippen molar-refractivity contribution in [2.24, 2.45) is 17.2 Å². The van der Waals surface area contributed by atoms with Gasteiger partial charge in [0.15, 0.2) is 5.96 Å². The van der Waals surface area contributed by atoms with E-state index in [1.165, 1.54) is 78.4 Å². The fourth-order valence-electron chi connectivity index (χ4n) is 16.7. The Hall–Kier alpha value is -13.2. The van der Waals surface area contributed by atoms with Gasteiger partial charge in [0.05, 0.1) is 25.3 Å². The average Bonchev–Trinajstić information content (AvgIpc) is 1.69. The van der Waals surface area contributed by atoms with Gasteiger partial charge < -0.3 is 120 Å². The number of aromatic hydroxyl groups is 1. The van der Waals surface area contributed by atoms with Crippen LogP contribution in [0.5, 0.6) is 5.75 Å². The number of phenols is 1. The maximum absolute atomic E-state index is 15.8. The molecule has 0 unspecified atom stereocenters. The van der Waals surface area contributed by atoms with E-state index in [1.54, 1.807) is 54.9 Å². The van der Waals surface area contributed by atoms with Gasteiger partial charge in [-0.15, -0.1) is 23.1 Å². The van der Waals surface area contributed by atoms with Crippen LogP contribution < -0.4 is 75.7 Å². The second-order valence-electron chi connectivity index (χ2n) is 34.3. The molecule has 3 aliphatic rings. The number of thiophene rings is 1. The molecule has 0 saturated carbocycles. The third kappa shape index (κ3) is 29.7. The Bertz CT molecular complexity index is 5190. The first-order chi connectivity index (χ1) is 64.5. The quantitative estimate of drug-likeness (QED) is 0.0177. The van der Waals surface area contributed by atoms with Crippen molar-refractivity contribution in [1.82, 2.24) is 93.0 Å². The van der Waals surface area contributed by atoms with Crippen molar-refractivity contribution in [3.63, 3.8) is 0 Å². The Kier molecular flexibility index (Phi) is 40.1. The van der Waals surface area contributed by atoms with E-state index in [-0.39, 0.29) is 109 Å². The predicted octanol–water partition coefficient (Wildman–Crippen LogP) is -0.417. The number of hydrogen-bond donors (Lipinski definition) is 19. The van der Waals surface area contributed by atoms with Crippen molar-refractivity contribution < 1.29 is 91.7 Å². The molecule has 6 heterocycles. The molecule has 22 N–H and O–H groups in total. The Balaban J connectivity index is 1.10. The van der Waals surface area contributed by atoms with Crippen LogP contribution in [-0.4, -0.2) is 301 Å². The maximum Gasteiger partial charge on any atom is 0.246 e. The molecule has 14 atom stereocenters. The molecule has 3 saturated heterocycles. The summed E-state index contributed by atoms with van der Waals surface area (Å²) in [6.45, 7) is 5.00. The van der Waals surface area contributed by atoms with E-state index in [1.807, 2.05) is 44.4 Å². The second kappa shape index (κ2) is 51.3. The van der Waals surface area contributed by atoms with Crippen LogP contribution in [-0.2, 0) is 107 Å². The number of aromatic amines is 2. The Morgan fingerprint density at radius 1 is 0.496 bits per heavy atom. The molecular formula is C92H128N22O19S2. The van der Waals surface area contributed by atoms with E-state index >= 15 is 38.4 Å². The molecular weight excluding hydrogens is 1780 g/mol. The summed E-state index contributed by atoms with van der Waals surface area (Å²) in [7, 11) is 3.96. The summed E-state index contributed by atoms with van der Waals surface area (Å²) in [6.07, 6.45) is 4.65. The van der Waals surface area contributed by atoms with Crippen LogP contribution in [0.15, 0.2) is 103 Å². The van der Waals surface area contributed by atoms with Crippen molar-refractivity contribution >= 4 is 150 Å². The number of carbonyl (C=O) groups is 17. The lowest BCUT2D eigenvalue weighted by Crippen LogP contribution is -2.61. The number of nitrogens with one attached hydrogen (secondary N) is 14. The number of phenolic OH excluding ortho intramolecular Hbond substituents is 1. The number of aliphatic hydroxyl groups is 1. The topological polar surface area (TPSA) is 613 Å². The Labute approximate surface area is 790 Å². The van der Waals surface area contributed by atoms with Crippen LogP contribution in [0.2, 0.25) is 0 Å². The van der Waals surface area contributed by atoms with Gasteiger partial charge in [0.2, 0.25) is 100 Å². The number of rotatable bonds is 27. The first-order valence-corrected chi connectivity index (χ1v) is 47.7. The number of nitrogens with zero attached hydrogens (tertiary/aromatic N) is 5. The van der Waals surface area contributed by atoms with E-state index < -0.39 is 222 Å². The average molecular weight is 1910 g/mol. The maximum atomic E-state index is 15.8. The molecule has 3 fully saturated rings. The van der Waals surface area contributed by atoms with Crippen LogP contribution in [0.4, 0.5) is 0 Å². The number of nitrogens with two attached hydrogens (primary N) is 3. The first-order valence-electron chi connectivity index (χ1n) is 45.7. The predicted molar refractivity (Wildman–Crippen MR) is 504 cm³/mol. The molecule has 17 amide bonds. The van der Waals surface area contributed by atoms with Gasteiger partial charge in [-0.3, -0.25) is 86.9 Å². The fraction of sp³-hybridized carbons (Fsp3) is 0.522. The largest absolute Gasteiger partial charge is 0.508 e. The van der Waals surface area contributed by atoms with Gasteiger partial charge >= 0.3 is 0 Å². The number of aliphatic hydroxyl groups excluding tert-OH is 1. The van der Waals surface area contributed by atoms with Crippen LogP contribution in [0.3, 0.4) is 0 Å². The van der Waals surface area contributed by atoms with Gasteiger partial charge in [0, 0.05) is 106 Å². The minimum atomic E-state index is -1.83. The standard InChI is InChI=1S/C92H128N22O19S2/c1-8-11-25-62-89(131)113-39-20-30-71(113)85(127)104-63(42-54-46-99-60-26-16-14-23-58(54)60)81(123)108-68(48-115)83(125)107-66(43-55-49-135-74-32-17-15-24-59(55)74)88(130)112(7)73(29-13-10-3)91(133)111(6)70(28-12-9-2)84(126)102-61(27-19-38-98-92(95)96)80(122)109-69(79(121)100-47-76(94)118)50-134-51-77(119)101-65(41-53-33-35-57(116)36-34-53)87(129)110(5)52(4)78(120)106-67(45-75(93)117)90(132)114-40-21-31-72(114)86(128)105-64(82(124)103-62)44-56-22-18-37-97-56/h14-18,22-24,26,32-37,46,49,52,61-73,97,99,115-116H,8-13,19-21,25,27-31,38-45,47-48,50-51H2,1-7H3,(H2,93,117)(H2,94,118)(H,100,121)(H,101,119)(H,102,126)(H,103,124)(H,104,127)(H,105,128)(H,106,120)(H,107,125)(H,108,123)(H,109,122)(H4,95,96,98)/t52-,61-,62-,63-,64-,65-,66-,67-,68-,69-,70-,71-,72-,73-/m0/s1. The van der Waals surface area contributed by atoms with Gasteiger partial charge in [-0.2, -0.15) is 0 Å². The lowest BCUT2D eigenvalue weighted by Gasteiger charge is -2.36. The lowest BCUT2D eigenvalue weighted by atomic mass is 10.00. The van der Waals surface area contributed by atoms with Gasteiger partial charge in [-0.05, 0) is 129 Å². The first kappa shape index (κ1) is 106. The highest BCUT2D eigenvalue weighted by atomic mass is 32.2. The number of hydrogen-bond acceptors (Lipinski definition) is 22. The van der Waals surface area contributed by atoms with Crippen molar-refractivity contribution in [2.75, 3.05) is 65.4 Å². The third-order valence-electron chi connectivity index (χ3n) is 24.4. The number of aromatic nitrogens is 2. The van der Waals surface area contributed by atoms with E-state index in [0.29, 0.717) is 71.8 Å². The normalized spacial score (nSPS) is 24.2. The molecule has 43 heteroatoms. The number of likely N-dealkylation sites (N-methyl/N-ethyl adjacent to an activating group) is 3. The van der Waals surface area contributed by atoms with Crippen molar-refractivity contribution in [1.29, 1.82) is 5.41 Å². The third-order valence-corrected chi connectivity index (χ3v) is 26.5. The molecule has 3 aliphatic heterocycles. The molecule has 3 aromatic carbocycles. The molecule has 41 nitrogen and oxygen atoms in total. The SMILES string of the molecule is CCCC[C@@H]1NC(=O)[C@H](Cc2ccc[nH]2)NC(=O)[C@@H]2CCCN2C(=O)[C@H](CC(N)=O)NC(=O)[C@H](C)N(C)C(=O)[C@H](Cc2ccc(O)cc2)NC(=O)CSC[C@@H](C(=O)NCC(N)=O)NC(=O)[C@H](CCCNC(=N)N)NC(=O)[C@H](CCCC)N(C)C(=O)[C@H](CCCC)N(C)C(=O)[C@H](Cc2csc3ccccc23)NC(=O)[C@H](CO)NC(=O)[C@H](Cc2c[nH]c3ccccc23)NC(=O)[C@@H]2CCCN2C1=O. The molecule has 0 radical (unpaired) electrons. The molecule has 6 aromatic rings. The minimum Gasteiger partial charge on any atom is -0.508 e. The summed E-state index contributed by atoms with van der Waals surface area (Å²) in [5.74, 6) is -16.8. The number of benzene rings is 3. The lowest BCUT2D eigenvalue weighted by molar-refractivity contribution is -0.149. The zero-order valence-corrected chi connectivity index (χ0v) is 78.7. The molecule has 0 spiro atoms. The van der Waals surface area contributed by atoms with Gasteiger partial charge in [0.25, 0.3) is 0 Å². The highest BCUT2D eigenvalue weighted by Crippen LogP contribution is 2.30. The van der Waals surface area contributed by atoms with E-state index in [2.05, 4.69) is 68.5 Å². The zero-order valence-electron chi connectivity index (χ0n) is 77.1. The van der Waals surface area contributed by atoms with Gasteiger partial charge in [0.1, 0.15) is 90.3 Å². The Morgan fingerprint density at radius 2 is 1.03 bits per heavy atom. The van der Waals surface area contributed by atoms with Crippen molar-refractivity contribution in [2.45, 2.75) is 241 Å². The summed E-state index contributed by atoms with van der Waals surface area (Å²) in [6, 6.07) is 2.43. The van der Waals surface area contributed by atoms with Crippen LogP contribution in [0, 0.1) is 5.41 Å². The van der Waals surface area contributed by atoms with Crippen LogP contribution in [0.25, 0.3) is 21.0 Å². The van der Waals surface area contributed by atoms with Crippen molar-refractivity contribution in [3.05, 3.63) is 125 Å². The molecule has 0 aliphatic carbocycles. The summed E-state index contributed by atoms with van der Waals surface area (Å²) in [5.41, 5.74) is 19.5. The summed E-state index contributed by atoms with van der Waals surface area (Å²) >= 11 is 2.14. The molecule has 3 aromatic heterocycles. The number of para-hydroxylation sites is 1. The van der Waals surface area contributed by atoms with Crippen LogP contribution in [0.1, 0.15) is 153 Å². The molecule has 0 bridgehead atoms. The minimum absolute atomic E-state index is 0.00469. The van der Waals surface area contributed by atoms with E-state index in [4.69, 9.17) is 22.6 Å². The fourth-order valence-corrected chi connectivity index (χ4v) is 18.6. The molecule has 135 heavy (non-hydrogen) atoms. The summed E-state index contributed by atoms with van der Waals surface area (Å²) in [5, 5.41) is 62.0. The van der Waals surface area contributed by atoms with E-state index in [0.717, 1.165) is 31.6 Å².